The van der Waals surface area contributed by atoms with Gasteiger partial charge in [0.1, 0.15) is 0 Å². The first-order valence-electron chi connectivity index (χ1n) is 11.6. The Morgan fingerprint density at radius 3 is 2.38 bits per heavy atom. The van der Waals surface area contributed by atoms with Gasteiger partial charge in [-0.3, -0.25) is 9.69 Å². The molecule has 2 heterocycles. The van der Waals surface area contributed by atoms with E-state index in [1.807, 2.05) is 35.2 Å². The Bertz CT molecular complexity index is 1010. The summed E-state index contributed by atoms with van der Waals surface area (Å²) in [5.74, 6) is -1.25. The van der Waals surface area contributed by atoms with Crippen molar-refractivity contribution in [1.29, 1.82) is 0 Å². The van der Waals surface area contributed by atoms with Crippen molar-refractivity contribution in [2.75, 3.05) is 13.1 Å². The fourth-order valence-electron chi connectivity index (χ4n) is 5.78. The maximum Gasteiger partial charge on any atom is 0.391 e. The predicted octanol–water partition coefficient (Wildman–Crippen LogP) is 4.87. The second-order valence-electron chi connectivity index (χ2n) is 9.55. The third kappa shape index (κ3) is 3.90. The van der Waals surface area contributed by atoms with Gasteiger partial charge in [0.15, 0.2) is 0 Å². The molecule has 1 N–H and O–H groups in total. The van der Waals surface area contributed by atoms with Gasteiger partial charge in [-0.2, -0.15) is 13.2 Å². The van der Waals surface area contributed by atoms with Crippen LogP contribution in [0.5, 0.6) is 0 Å². The number of hydrogen-bond acceptors (Lipinski definition) is 3. The van der Waals surface area contributed by atoms with Crippen LogP contribution < -0.4 is 0 Å². The molecule has 7 heteroatoms. The lowest BCUT2D eigenvalue weighted by molar-refractivity contribution is -0.185. The maximum atomic E-state index is 13.4. The summed E-state index contributed by atoms with van der Waals surface area (Å²) in [6, 6.07) is 9.80. The molecule has 2 aliphatic heterocycles. The highest BCUT2D eigenvalue weighted by Crippen LogP contribution is 2.38. The predicted molar refractivity (Wildman–Crippen MR) is 116 cm³/mol. The van der Waals surface area contributed by atoms with Crippen LogP contribution in [0.2, 0.25) is 0 Å². The topological polar surface area (TPSA) is 43.8 Å². The lowest BCUT2D eigenvalue weighted by Gasteiger charge is -2.35. The van der Waals surface area contributed by atoms with Crippen LogP contribution in [0.25, 0.3) is 10.8 Å². The van der Waals surface area contributed by atoms with Crippen LogP contribution in [-0.4, -0.2) is 52.2 Å². The number of hydrogen-bond donors (Lipinski definition) is 1. The summed E-state index contributed by atoms with van der Waals surface area (Å²) in [6.45, 7) is 1.86. The number of likely N-dealkylation sites (tertiary alicyclic amines) is 1. The van der Waals surface area contributed by atoms with Crippen molar-refractivity contribution in [3.8, 4) is 0 Å². The molecule has 0 bridgehead atoms. The SMILES string of the molecule is O=C1c2cc(CN3CCC(C(F)(F)F)CC3)c3ccccc3c2CN1C1CCCCC1O. The van der Waals surface area contributed by atoms with Crippen LogP contribution in [0, 0.1) is 5.92 Å². The largest absolute Gasteiger partial charge is 0.391 e. The van der Waals surface area contributed by atoms with Crippen molar-refractivity contribution in [2.24, 2.45) is 5.92 Å². The molecule has 0 spiro atoms. The van der Waals surface area contributed by atoms with E-state index in [0.29, 0.717) is 31.7 Å². The lowest BCUT2D eigenvalue weighted by atomic mass is 9.91. The van der Waals surface area contributed by atoms with Crippen molar-refractivity contribution < 1.29 is 23.1 Å². The smallest absolute Gasteiger partial charge is 0.391 e. The molecule has 1 aliphatic carbocycles. The van der Waals surface area contributed by atoms with Gasteiger partial charge in [0.25, 0.3) is 5.91 Å². The molecule has 2 aromatic carbocycles. The van der Waals surface area contributed by atoms with Crippen LogP contribution in [-0.2, 0) is 13.1 Å². The third-order valence-corrected chi connectivity index (χ3v) is 7.60. The first-order chi connectivity index (χ1) is 15.3. The average molecular weight is 447 g/mol. The van der Waals surface area contributed by atoms with Crippen LogP contribution in [0.1, 0.15) is 60.0 Å². The van der Waals surface area contributed by atoms with Gasteiger partial charge in [-0.05, 0) is 66.7 Å². The zero-order chi connectivity index (χ0) is 22.5. The molecule has 3 aliphatic rings. The molecular formula is C25H29F3N2O2. The number of aliphatic hydroxyl groups excluding tert-OH is 1. The molecule has 2 atom stereocenters. The van der Waals surface area contributed by atoms with Gasteiger partial charge in [-0.15, -0.1) is 0 Å². The molecule has 1 saturated heterocycles. The highest BCUT2D eigenvalue weighted by molar-refractivity contribution is 6.05. The summed E-state index contributed by atoms with van der Waals surface area (Å²) in [4.78, 5) is 17.3. The summed E-state index contributed by atoms with van der Waals surface area (Å²) in [5, 5.41) is 12.6. The minimum Gasteiger partial charge on any atom is -0.391 e. The van der Waals surface area contributed by atoms with E-state index in [2.05, 4.69) is 4.90 Å². The molecule has 2 aromatic rings. The molecule has 2 fully saturated rings. The van der Waals surface area contributed by atoms with Crippen molar-refractivity contribution >= 4 is 16.7 Å². The number of carbonyl (C=O) groups is 1. The number of piperidine rings is 1. The second kappa shape index (κ2) is 8.34. The minimum atomic E-state index is -4.12. The molecule has 4 nitrogen and oxygen atoms in total. The Hall–Kier alpha value is -2.12. The quantitative estimate of drug-likeness (QED) is 0.731. The molecule has 0 aromatic heterocycles. The van der Waals surface area contributed by atoms with Gasteiger partial charge >= 0.3 is 6.18 Å². The Labute approximate surface area is 186 Å². The Kier molecular flexibility index (Phi) is 5.66. The molecule has 0 radical (unpaired) electrons. The molecule has 5 rings (SSSR count). The number of carbonyl (C=O) groups excluding carboxylic acids is 1. The van der Waals surface area contributed by atoms with Crippen molar-refractivity contribution in [3.05, 3.63) is 47.0 Å². The average Bonchev–Trinajstić information content (AvgIpc) is 3.10. The van der Waals surface area contributed by atoms with Gasteiger partial charge < -0.3 is 10.0 Å². The van der Waals surface area contributed by atoms with Gasteiger partial charge in [-0.1, -0.05) is 37.1 Å². The molecule has 1 saturated carbocycles. The minimum absolute atomic E-state index is 0.0336. The lowest BCUT2D eigenvalue weighted by Crippen LogP contribution is -2.45. The van der Waals surface area contributed by atoms with Crippen molar-refractivity contribution in [2.45, 2.75) is 69.9 Å². The number of nitrogens with zero attached hydrogens (tertiary/aromatic N) is 2. The molecule has 1 amide bonds. The fourth-order valence-corrected chi connectivity index (χ4v) is 5.78. The standard InChI is InChI=1S/C25H29F3N2O2/c26-25(27,28)17-9-11-29(12-10-17)14-16-13-20-21(19-6-2-1-5-18(16)19)15-30(24(20)32)22-7-3-4-8-23(22)31/h1-2,5-6,13,17,22-23,31H,3-4,7-12,14-15H2. The van der Waals surface area contributed by atoms with Gasteiger partial charge in [0, 0.05) is 18.7 Å². The first kappa shape index (κ1) is 21.7. The molecular weight excluding hydrogens is 417 g/mol. The van der Waals surface area contributed by atoms with Crippen molar-refractivity contribution in [3.63, 3.8) is 0 Å². The van der Waals surface area contributed by atoms with E-state index < -0.39 is 18.2 Å². The third-order valence-electron chi connectivity index (χ3n) is 7.60. The first-order valence-corrected chi connectivity index (χ1v) is 11.6. The number of fused-ring (bicyclic) bond motifs is 3. The fraction of sp³-hybridized carbons (Fsp3) is 0.560. The zero-order valence-corrected chi connectivity index (χ0v) is 18.1. The number of halogens is 3. The number of benzene rings is 2. The van der Waals surface area contributed by atoms with Crippen LogP contribution >= 0.6 is 0 Å². The van der Waals surface area contributed by atoms with E-state index in [0.717, 1.165) is 47.6 Å². The Morgan fingerprint density at radius 1 is 1.00 bits per heavy atom. The van der Waals surface area contributed by atoms with Crippen LogP contribution in [0.3, 0.4) is 0 Å². The van der Waals surface area contributed by atoms with E-state index in [4.69, 9.17) is 0 Å². The molecule has 32 heavy (non-hydrogen) atoms. The molecule has 2 unspecified atom stereocenters. The normalized spacial score (nSPS) is 25.5. The summed E-state index contributed by atoms with van der Waals surface area (Å²) >= 11 is 0. The van der Waals surface area contributed by atoms with E-state index in [1.54, 1.807) is 0 Å². The summed E-state index contributed by atoms with van der Waals surface area (Å²) in [5.41, 5.74) is 2.67. The number of amides is 1. The van der Waals surface area contributed by atoms with Crippen LogP contribution in [0.15, 0.2) is 30.3 Å². The summed E-state index contributed by atoms with van der Waals surface area (Å²) in [6.07, 6.45) is -0.803. The second-order valence-corrected chi connectivity index (χ2v) is 9.55. The summed E-state index contributed by atoms with van der Waals surface area (Å²) < 4.78 is 39.1. The van der Waals surface area contributed by atoms with Crippen LogP contribution in [0.4, 0.5) is 13.2 Å². The van der Waals surface area contributed by atoms with Gasteiger partial charge in [-0.25, -0.2) is 0 Å². The molecule has 172 valence electrons. The summed E-state index contributed by atoms with van der Waals surface area (Å²) in [7, 11) is 0. The monoisotopic (exact) mass is 446 g/mol. The number of alkyl halides is 3. The van der Waals surface area contributed by atoms with E-state index in [-0.39, 0.29) is 24.8 Å². The number of aliphatic hydroxyl groups is 1. The zero-order valence-electron chi connectivity index (χ0n) is 18.1. The van der Waals surface area contributed by atoms with Crippen molar-refractivity contribution in [1.82, 2.24) is 9.80 Å². The van der Waals surface area contributed by atoms with Gasteiger partial charge in [0.05, 0.1) is 18.1 Å². The van der Waals surface area contributed by atoms with E-state index in [9.17, 15) is 23.1 Å². The van der Waals surface area contributed by atoms with E-state index in [1.165, 1.54) is 0 Å². The van der Waals surface area contributed by atoms with Gasteiger partial charge in [0.2, 0.25) is 0 Å². The Balaban J connectivity index is 1.42. The van der Waals surface area contributed by atoms with E-state index >= 15 is 0 Å². The highest BCUT2D eigenvalue weighted by atomic mass is 19.4. The maximum absolute atomic E-state index is 13.4. The number of rotatable bonds is 3. The highest BCUT2D eigenvalue weighted by Gasteiger charge is 2.41. The Morgan fingerprint density at radius 2 is 1.69 bits per heavy atom.